The first-order valence-electron chi connectivity index (χ1n) is 5.18. The smallest absolute Gasteiger partial charge is 0.164 e. The second kappa shape index (κ2) is 2.91. The highest BCUT2D eigenvalue weighted by atomic mass is 19.1. The zero-order valence-electron chi connectivity index (χ0n) is 9.57. The maximum Gasteiger partial charge on any atom is 0.164 e. The third-order valence-corrected chi connectivity index (χ3v) is 3.28. The molecular formula is C13H15FO. The molecule has 1 aromatic carbocycles. The van der Waals surface area contributed by atoms with Crippen LogP contribution in [0.25, 0.3) is 0 Å². The highest BCUT2D eigenvalue weighted by Gasteiger charge is 2.38. The minimum atomic E-state index is -0.266. The summed E-state index contributed by atoms with van der Waals surface area (Å²) in [6, 6.07) is 1.54. The SMILES string of the molecule is Cc1cc(F)c(C)c2c1C(C)(C)CC2=O. The quantitative estimate of drug-likeness (QED) is 0.636. The van der Waals surface area contributed by atoms with Crippen molar-refractivity contribution >= 4 is 5.78 Å². The van der Waals surface area contributed by atoms with Gasteiger partial charge in [-0.15, -0.1) is 0 Å². The van der Waals surface area contributed by atoms with Crippen LogP contribution in [0.3, 0.4) is 0 Å². The lowest BCUT2D eigenvalue weighted by Gasteiger charge is -2.20. The molecule has 0 saturated carbocycles. The predicted molar refractivity (Wildman–Crippen MR) is 57.8 cm³/mol. The monoisotopic (exact) mass is 206 g/mol. The van der Waals surface area contributed by atoms with Crippen LogP contribution < -0.4 is 0 Å². The van der Waals surface area contributed by atoms with E-state index < -0.39 is 0 Å². The molecule has 0 fully saturated rings. The molecule has 0 radical (unpaired) electrons. The summed E-state index contributed by atoms with van der Waals surface area (Å²) >= 11 is 0. The van der Waals surface area contributed by atoms with Crippen molar-refractivity contribution < 1.29 is 9.18 Å². The fourth-order valence-corrected chi connectivity index (χ4v) is 2.67. The summed E-state index contributed by atoms with van der Waals surface area (Å²) in [5, 5.41) is 0. The second-order valence-corrected chi connectivity index (χ2v) is 5.03. The molecule has 1 aliphatic carbocycles. The number of ketones is 1. The summed E-state index contributed by atoms with van der Waals surface area (Å²) in [6.45, 7) is 7.65. The molecule has 1 nitrogen and oxygen atoms in total. The number of hydrogen-bond acceptors (Lipinski definition) is 1. The van der Waals surface area contributed by atoms with Gasteiger partial charge in [0.2, 0.25) is 0 Å². The normalized spacial score (nSPS) is 18.1. The van der Waals surface area contributed by atoms with Crippen molar-refractivity contribution in [3.8, 4) is 0 Å². The van der Waals surface area contributed by atoms with E-state index in [1.165, 1.54) is 6.07 Å². The highest BCUT2D eigenvalue weighted by Crippen LogP contribution is 2.42. The lowest BCUT2D eigenvalue weighted by molar-refractivity contribution is 0.0978. The number of Topliss-reactive ketones (excluding diaryl/α,β-unsaturated/α-hetero) is 1. The Morgan fingerprint density at radius 3 is 2.53 bits per heavy atom. The first kappa shape index (κ1) is 10.3. The summed E-state index contributed by atoms with van der Waals surface area (Å²) in [6.07, 6.45) is 0.494. The van der Waals surface area contributed by atoms with Gasteiger partial charge in [0, 0.05) is 12.0 Å². The van der Waals surface area contributed by atoms with E-state index in [9.17, 15) is 9.18 Å². The van der Waals surface area contributed by atoms with Crippen molar-refractivity contribution in [3.63, 3.8) is 0 Å². The predicted octanol–water partition coefficient (Wildman–Crippen LogP) is 3.31. The van der Waals surface area contributed by atoms with Gasteiger partial charge in [0.25, 0.3) is 0 Å². The minimum Gasteiger partial charge on any atom is -0.294 e. The third-order valence-electron chi connectivity index (χ3n) is 3.28. The number of hydrogen-bond donors (Lipinski definition) is 0. The van der Waals surface area contributed by atoms with Gasteiger partial charge >= 0.3 is 0 Å². The van der Waals surface area contributed by atoms with Crippen molar-refractivity contribution in [2.24, 2.45) is 0 Å². The van der Waals surface area contributed by atoms with Gasteiger partial charge in [-0.25, -0.2) is 4.39 Å². The van der Waals surface area contributed by atoms with Crippen molar-refractivity contribution in [1.82, 2.24) is 0 Å². The van der Waals surface area contributed by atoms with E-state index in [-0.39, 0.29) is 17.0 Å². The minimum absolute atomic E-state index is 0.0788. The Morgan fingerprint density at radius 2 is 1.93 bits per heavy atom. The molecular weight excluding hydrogens is 191 g/mol. The Bertz CT molecular complexity index is 458. The molecule has 2 heteroatoms. The van der Waals surface area contributed by atoms with Crippen molar-refractivity contribution in [3.05, 3.63) is 34.1 Å². The first-order chi connectivity index (χ1) is 6.84. The number of fused-ring (bicyclic) bond motifs is 1. The van der Waals surface area contributed by atoms with Gasteiger partial charge in [-0.3, -0.25) is 4.79 Å². The molecule has 0 heterocycles. The van der Waals surface area contributed by atoms with E-state index in [1.807, 2.05) is 20.8 Å². The number of aryl methyl sites for hydroxylation is 1. The number of carbonyl (C=O) groups excluding carboxylic acids is 1. The zero-order valence-corrected chi connectivity index (χ0v) is 9.57. The Labute approximate surface area is 89.3 Å². The number of rotatable bonds is 0. The zero-order chi connectivity index (χ0) is 11.4. The molecule has 2 rings (SSSR count). The van der Waals surface area contributed by atoms with Gasteiger partial charge in [0.15, 0.2) is 5.78 Å². The Morgan fingerprint density at radius 1 is 1.33 bits per heavy atom. The molecule has 0 atom stereocenters. The van der Waals surface area contributed by atoms with Crippen molar-refractivity contribution in [1.29, 1.82) is 0 Å². The van der Waals surface area contributed by atoms with Crippen LogP contribution in [0.5, 0.6) is 0 Å². The molecule has 0 saturated heterocycles. The maximum atomic E-state index is 13.5. The fraction of sp³-hybridized carbons (Fsp3) is 0.462. The third kappa shape index (κ3) is 1.31. The van der Waals surface area contributed by atoms with E-state index in [0.717, 1.165) is 11.1 Å². The summed E-state index contributed by atoms with van der Waals surface area (Å²) < 4.78 is 13.5. The summed E-state index contributed by atoms with van der Waals surface area (Å²) in [5.41, 5.74) is 2.91. The maximum absolute atomic E-state index is 13.5. The summed E-state index contributed by atoms with van der Waals surface area (Å²) in [5.74, 6) is -0.188. The standard InChI is InChI=1S/C13H15FO/c1-7-5-9(14)8(2)11-10(15)6-13(3,4)12(7)11/h5H,6H2,1-4H3. The lowest BCUT2D eigenvalue weighted by Crippen LogP contribution is -2.14. The Kier molecular flexibility index (Phi) is 2.00. The molecule has 0 bridgehead atoms. The summed E-state index contributed by atoms with van der Waals surface area (Å²) in [7, 11) is 0. The largest absolute Gasteiger partial charge is 0.294 e. The van der Waals surface area contributed by atoms with Crippen molar-refractivity contribution in [2.45, 2.75) is 39.5 Å². The van der Waals surface area contributed by atoms with Gasteiger partial charge < -0.3 is 0 Å². The van der Waals surface area contributed by atoms with Gasteiger partial charge in [-0.2, -0.15) is 0 Å². The molecule has 15 heavy (non-hydrogen) atoms. The molecule has 0 spiro atoms. The van der Waals surface area contributed by atoms with Gasteiger partial charge in [-0.1, -0.05) is 13.8 Å². The first-order valence-corrected chi connectivity index (χ1v) is 5.18. The number of benzene rings is 1. The van der Waals surface area contributed by atoms with Crippen LogP contribution in [0.15, 0.2) is 6.07 Å². The number of halogens is 1. The van der Waals surface area contributed by atoms with Crippen molar-refractivity contribution in [2.75, 3.05) is 0 Å². The van der Waals surface area contributed by atoms with E-state index >= 15 is 0 Å². The molecule has 0 amide bonds. The van der Waals surface area contributed by atoms with E-state index in [0.29, 0.717) is 17.5 Å². The Balaban J connectivity index is 2.84. The molecule has 1 aromatic rings. The van der Waals surface area contributed by atoms with Gasteiger partial charge in [0.1, 0.15) is 5.82 Å². The topological polar surface area (TPSA) is 17.1 Å². The molecule has 0 unspecified atom stereocenters. The average molecular weight is 206 g/mol. The van der Waals surface area contributed by atoms with Crippen LogP contribution >= 0.6 is 0 Å². The second-order valence-electron chi connectivity index (χ2n) is 5.03. The number of carbonyl (C=O) groups is 1. The van der Waals surface area contributed by atoms with Gasteiger partial charge in [0.05, 0.1) is 0 Å². The molecule has 1 aliphatic rings. The average Bonchev–Trinajstić information content (AvgIpc) is 2.32. The Hall–Kier alpha value is -1.18. The molecule has 0 aromatic heterocycles. The molecule has 0 aliphatic heterocycles. The fourth-order valence-electron chi connectivity index (χ4n) is 2.67. The molecule has 80 valence electrons. The van der Waals surface area contributed by atoms with Crippen LogP contribution in [0.2, 0.25) is 0 Å². The van der Waals surface area contributed by atoms with E-state index in [2.05, 4.69) is 0 Å². The van der Waals surface area contributed by atoms with Gasteiger partial charge in [-0.05, 0) is 42.0 Å². The van der Waals surface area contributed by atoms with Crippen LogP contribution in [0, 0.1) is 19.7 Å². The lowest BCUT2D eigenvalue weighted by atomic mass is 9.83. The van der Waals surface area contributed by atoms with Crippen LogP contribution in [-0.2, 0) is 5.41 Å². The van der Waals surface area contributed by atoms with Crippen LogP contribution in [0.4, 0.5) is 4.39 Å². The van der Waals surface area contributed by atoms with E-state index in [1.54, 1.807) is 6.92 Å². The summed E-state index contributed by atoms with van der Waals surface area (Å²) in [4.78, 5) is 11.8. The van der Waals surface area contributed by atoms with Crippen LogP contribution in [-0.4, -0.2) is 5.78 Å². The van der Waals surface area contributed by atoms with E-state index in [4.69, 9.17) is 0 Å². The highest BCUT2D eigenvalue weighted by molar-refractivity contribution is 6.03. The molecule has 0 N–H and O–H groups in total. The van der Waals surface area contributed by atoms with Crippen LogP contribution in [0.1, 0.15) is 47.3 Å².